The summed E-state index contributed by atoms with van der Waals surface area (Å²) in [6.45, 7) is 6.94. The third kappa shape index (κ3) is 18.2. The molecular formula is C41H56N8O13. The van der Waals surface area contributed by atoms with Crippen molar-refractivity contribution >= 4 is 59.2 Å². The van der Waals surface area contributed by atoms with E-state index in [1.165, 1.54) is 13.8 Å². The van der Waals surface area contributed by atoms with E-state index in [2.05, 4.69) is 37.2 Å². The number of nitrogens with one attached hydrogen (secondary N) is 7. The quantitative estimate of drug-likeness (QED) is 0.0504. The van der Waals surface area contributed by atoms with Crippen LogP contribution < -0.4 is 43.0 Å². The van der Waals surface area contributed by atoms with Crippen molar-refractivity contribution in [2.45, 2.75) is 115 Å². The van der Waals surface area contributed by atoms with Crippen molar-refractivity contribution in [3.05, 3.63) is 71.8 Å². The molecule has 0 saturated heterocycles. The molecule has 2 rings (SSSR count). The summed E-state index contributed by atoms with van der Waals surface area (Å²) in [5, 5.41) is 46.1. The number of amides is 8. The fourth-order valence-corrected chi connectivity index (χ4v) is 5.99. The maximum atomic E-state index is 13.6. The molecule has 0 spiro atoms. The predicted octanol–water partition coefficient (Wildman–Crippen LogP) is -2.23. The van der Waals surface area contributed by atoms with Crippen molar-refractivity contribution in [3.63, 3.8) is 0 Å². The Morgan fingerprint density at radius 2 is 0.968 bits per heavy atom. The Morgan fingerprint density at radius 1 is 0.532 bits per heavy atom. The average molecular weight is 869 g/mol. The van der Waals surface area contributed by atoms with Gasteiger partial charge in [0.15, 0.2) is 0 Å². The van der Waals surface area contributed by atoms with Gasteiger partial charge in [0, 0.05) is 19.8 Å². The molecule has 21 heteroatoms. The monoisotopic (exact) mass is 868 g/mol. The number of hydrogen-bond acceptors (Lipinski definition) is 11. The topological polar surface area (TPSA) is 342 Å². The van der Waals surface area contributed by atoms with Gasteiger partial charge in [-0.3, -0.25) is 43.2 Å². The largest absolute Gasteiger partial charge is 0.481 e. The molecular weight excluding hydrogens is 812 g/mol. The lowest BCUT2D eigenvalue weighted by molar-refractivity contribution is -0.142. The maximum absolute atomic E-state index is 13.6. The molecule has 0 aliphatic rings. The summed E-state index contributed by atoms with van der Waals surface area (Å²) in [7, 11) is 0. The van der Waals surface area contributed by atoms with E-state index in [1.807, 2.05) is 0 Å². The van der Waals surface area contributed by atoms with Gasteiger partial charge in [-0.15, -0.1) is 0 Å². The van der Waals surface area contributed by atoms with E-state index in [4.69, 9.17) is 5.73 Å². The van der Waals surface area contributed by atoms with E-state index in [-0.39, 0.29) is 25.2 Å². The summed E-state index contributed by atoms with van der Waals surface area (Å²) in [5.41, 5.74) is 6.52. The fourth-order valence-electron chi connectivity index (χ4n) is 5.99. The van der Waals surface area contributed by atoms with Gasteiger partial charge in [-0.25, -0.2) is 4.79 Å². The van der Waals surface area contributed by atoms with Crippen LogP contribution in [-0.4, -0.2) is 123 Å². The zero-order valence-corrected chi connectivity index (χ0v) is 35.0. The highest BCUT2D eigenvalue weighted by molar-refractivity contribution is 5.99. The molecule has 0 aliphatic heterocycles. The lowest BCUT2D eigenvalue weighted by atomic mass is 10.0. The number of rotatable bonds is 25. The van der Waals surface area contributed by atoms with Crippen molar-refractivity contribution in [2.24, 2.45) is 11.7 Å². The van der Waals surface area contributed by atoms with Crippen LogP contribution in [0, 0.1) is 5.92 Å². The minimum atomic E-state index is -1.84. The summed E-state index contributed by atoms with van der Waals surface area (Å²) >= 11 is 0. The van der Waals surface area contributed by atoms with Crippen LogP contribution in [0.5, 0.6) is 0 Å². The van der Waals surface area contributed by atoms with Gasteiger partial charge >= 0.3 is 11.9 Å². The van der Waals surface area contributed by atoms with Crippen LogP contribution in [-0.2, 0) is 60.8 Å². The van der Waals surface area contributed by atoms with E-state index in [0.29, 0.717) is 11.1 Å². The van der Waals surface area contributed by atoms with Gasteiger partial charge in [0.05, 0.1) is 18.9 Å². The summed E-state index contributed by atoms with van der Waals surface area (Å²) in [5.74, 6) is -11.0. The molecule has 338 valence electrons. The van der Waals surface area contributed by atoms with Crippen molar-refractivity contribution in [3.8, 4) is 0 Å². The number of carbonyl (C=O) groups is 10. The summed E-state index contributed by atoms with van der Waals surface area (Å²) < 4.78 is 0. The van der Waals surface area contributed by atoms with Crippen molar-refractivity contribution in [2.75, 3.05) is 0 Å². The van der Waals surface area contributed by atoms with Crippen LogP contribution in [0.25, 0.3) is 0 Å². The Balaban J connectivity index is 2.21. The first-order valence-corrected chi connectivity index (χ1v) is 19.7. The van der Waals surface area contributed by atoms with Crippen LogP contribution in [0.2, 0.25) is 0 Å². The number of hydrogen-bond donors (Lipinski definition) is 11. The second-order valence-electron chi connectivity index (χ2n) is 15.1. The molecule has 8 atom stereocenters. The number of nitrogens with two attached hydrogens (primary N) is 1. The van der Waals surface area contributed by atoms with Crippen LogP contribution in [0.3, 0.4) is 0 Å². The highest BCUT2D eigenvalue weighted by Gasteiger charge is 2.35. The minimum absolute atomic E-state index is 0.0395. The molecule has 0 aliphatic carbocycles. The third-order valence-electron chi connectivity index (χ3n) is 9.08. The minimum Gasteiger partial charge on any atom is -0.481 e. The smallest absolute Gasteiger partial charge is 0.326 e. The number of primary amides is 1. The molecule has 0 saturated carbocycles. The SMILES string of the molecule is CC(=O)N[C@@H](Cc1ccccc1)C(=O)N[C@H](C(=O)N[C@@H](CC(C)C)C(=O)N[C@@H](CC(=O)O)C(=O)N[C@@H](C)C(=O)N[C@@H](CC(N)=O)C(=O)N[C@@H](Cc1ccccc1)C(=O)O)[C@H](C)O. The number of carbonyl (C=O) groups excluding carboxylic acids is 8. The van der Waals surface area contributed by atoms with Gasteiger partial charge in [0.1, 0.15) is 42.3 Å². The van der Waals surface area contributed by atoms with E-state index < -0.39 is 120 Å². The fraction of sp³-hybridized carbons (Fsp3) is 0.463. The summed E-state index contributed by atoms with van der Waals surface area (Å²) in [4.78, 5) is 128. The van der Waals surface area contributed by atoms with Crippen molar-refractivity contribution in [1.29, 1.82) is 0 Å². The molecule has 0 bridgehead atoms. The first-order chi connectivity index (χ1) is 29.1. The van der Waals surface area contributed by atoms with Crippen LogP contribution in [0.4, 0.5) is 0 Å². The van der Waals surface area contributed by atoms with Crippen molar-refractivity contribution in [1.82, 2.24) is 37.2 Å². The van der Waals surface area contributed by atoms with Gasteiger partial charge in [0.2, 0.25) is 47.3 Å². The van der Waals surface area contributed by atoms with E-state index in [9.17, 15) is 63.3 Å². The second kappa shape index (κ2) is 25.0. The predicted molar refractivity (Wildman–Crippen MR) is 220 cm³/mol. The highest BCUT2D eigenvalue weighted by atomic mass is 16.4. The van der Waals surface area contributed by atoms with Gasteiger partial charge in [-0.05, 0) is 37.3 Å². The lowest BCUT2D eigenvalue weighted by Gasteiger charge is -2.28. The standard InChI is InChI=1S/C41H56N8O13/c1-21(2)16-27(47-40(60)34(23(4)50)49-39(59)28(44-24(5)51)17-25-12-8-6-9-13-25)37(57)46-30(20-33(53)54)36(56)43-22(3)35(55)45-29(19-32(42)52)38(58)48-31(41(61)62)18-26-14-10-7-11-15-26/h6-15,21-23,27-31,34,50H,16-20H2,1-5H3,(H2,42,52)(H,43,56)(H,44,51)(H,45,55)(H,46,57)(H,47,60)(H,48,58)(H,49,59)(H,53,54)(H,61,62)/t22-,23-,27-,28-,29-,30-,31-,34-/m0/s1. The first-order valence-electron chi connectivity index (χ1n) is 19.7. The molecule has 8 amide bonds. The molecule has 0 aromatic heterocycles. The third-order valence-corrected chi connectivity index (χ3v) is 9.08. The summed E-state index contributed by atoms with van der Waals surface area (Å²) in [6.07, 6.45) is -3.46. The number of carboxylic acid groups (broad SMARTS) is 2. The van der Waals surface area contributed by atoms with Crippen molar-refractivity contribution < 1.29 is 63.3 Å². The number of aliphatic carboxylic acids is 2. The molecule has 12 N–H and O–H groups in total. The van der Waals surface area contributed by atoms with Gasteiger partial charge < -0.3 is 58.3 Å². The molecule has 2 aromatic rings. The Hall–Kier alpha value is -6.90. The van der Waals surface area contributed by atoms with Crippen LogP contribution in [0.15, 0.2) is 60.7 Å². The molecule has 0 heterocycles. The maximum Gasteiger partial charge on any atom is 0.326 e. The van der Waals surface area contributed by atoms with E-state index in [0.717, 1.165) is 6.92 Å². The molecule has 0 unspecified atom stereocenters. The van der Waals surface area contributed by atoms with Gasteiger partial charge in [-0.2, -0.15) is 0 Å². The Bertz CT molecular complexity index is 1910. The lowest BCUT2D eigenvalue weighted by Crippen LogP contribution is -2.61. The summed E-state index contributed by atoms with van der Waals surface area (Å²) in [6, 6.07) is 6.16. The van der Waals surface area contributed by atoms with Crippen LogP contribution >= 0.6 is 0 Å². The number of aliphatic hydroxyl groups is 1. The van der Waals surface area contributed by atoms with E-state index in [1.54, 1.807) is 74.5 Å². The van der Waals surface area contributed by atoms with Gasteiger partial charge in [0.25, 0.3) is 0 Å². The molecule has 0 radical (unpaired) electrons. The zero-order chi connectivity index (χ0) is 46.7. The number of aliphatic hydroxyl groups excluding tert-OH is 1. The highest BCUT2D eigenvalue weighted by Crippen LogP contribution is 2.10. The van der Waals surface area contributed by atoms with E-state index >= 15 is 0 Å². The van der Waals surface area contributed by atoms with Crippen LogP contribution in [0.1, 0.15) is 65.0 Å². The first kappa shape index (κ1) is 51.2. The Labute approximate surface area is 357 Å². The molecule has 0 fully saturated rings. The molecule has 62 heavy (non-hydrogen) atoms. The normalized spacial score (nSPS) is 14.8. The molecule has 21 nitrogen and oxygen atoms in total. The average Bonchev–Trinajstić information content (AvgIpc) is 3.18. The number of benzene rings is 2. The Morgan fingerprint density at radius 3 is 1.44 bits per heavy atom. The second-order valence-corrected chi connectivity index (χ2v) is 15.1. The van der Waals surface area contributed by atoms with Gasteiger partial charge in [-0.1, -0.05) is 74.5 Å². The zero-order valence-electron chi connectivity index (χ0n) is 35.0. The Kier molecular flexibility index (Phi) is 20.7. The number of carboxylic acids is 2. The molecule has 2 aromatic carbocycles.